The second-order valence-electron chi connectivity index (χ2n) is 5.95. The van der Waals surface area contributed by atoms with Gasteiger partial charge in [0.05, 0.1) is 29.7 Å². The highest BCUT2D eigenvalue weighted by atomic mass is 32.2. The Kier molecular flexibility index (Phi) is 6.12. The van der Waals surface area contributed by atoms with Crippen LogP contribution in [0.5, 0.6) is 5.75 Å². The number of amides is 1. The third-order valence-electron chi connectivity index (χ3n) is 4.02. The van der Waals surface area contributed by atoms with E-state index in [1.165, 1.54) is 18.2 Å². The summed E-state index contributed by atoms with van der Waals surface area (Å²) in [6.45, 7) is 0. The van der Waals surface area contributed by atoms with Gasteiger partial charge in [0.15, 0.2) is 11.0 Å². The summed E-state index contributed by atoms with van der Waals surface area (Å²) in [4.78, 5) is 12.2. The molecule has 0 radical (unpaired) electrons. The van der Waals surface area contributed by atoms with Gasteiger partial charge in [-0.2, -0.15) is 13.2 Å². The van der Waals surface area contributed by atoms with Crippen LogP contribution in [0.4, 0.5) is 18.9 Å². The Morgan fingerprint density at radius 3 is 2.55 bits per heavy atom. The molecule has 0 aliphatic rings. The van der Waals surface area contributed by atoms with Gasteiger partial charge in [-0.1, -0.05) is 36.0 Å². The number of nitrogens with zero attached hydrogens (tertiary/aromatic N) is 3. The molecule has 152 valence electrons. The molecule has 0 fully saturated rings. The molecule has 3 rings (SSSR count). The number of carbonyl (C=O) groups is 1. The summed E-state index contributed by atoms with van der Waals surface area (Å²) in [5.74, 6) is 0.478. The monoisotopic (exact) mass is 422 g/mol. The number of rotatable bonds is 6. The number of thioether (sulfide) groups is 1. The smallest absolute Gasteiger partial charge is 0.418 e. The van der Waals surface area contributed by atoms with Crippen molar-refractivity contribution in [2.45, 2.75) is 11.3 Å². The minimum absolute atomic E-state index is 0.121. The van der Waals surface area contributed by atoms with Crippen LogP contribution in [0.25, 0.3) is 11.4 Å². The number of aromatic nitrogens is 3. The standard InChI is InChI=1S/C19H17F3N4O2S/c1-26-17(12-7-3-6-10-15(12)28-2)24-25-18(26)29-11-16(27)23-14-9-5-4-8-13(14)19(20,21)22/h3-10H,11H2,1-2H3,(H,23,27). The molecule has 1 heterocycles. The van der Waals surface area contributed by atoms with Crippen molar-refractivity contribution in [1.29, 1.82) is 0 Å². The van der Waals surface area contributed by atoms with E-state index in [0.717, 1.165) is 23.4 Å². The molecule has 29 heavy (non-hydrogen) atoms. The molecule has 0 atom stereocenters. The zero-order valence-corrected chi connectivity index (χ0v) is 16.3. The van der Waals surface area contributed by atoms with E-state index < -0.39 is 17.6 Å². The van der Waals surface area contributed by atoms with Gasteiger partial charge in [0.2, 0.25) is 5.91 Å². The topological polar surface area (TPSA) is 69.0 Å². The van der Waals surface area contributed by atoms with Gasteiger partial charge < -0.3 is 14.6 Å². The van der Waals surface area contributed by atoms with Crippen molar-refractivity contribution in [3.63, 3.8) is 0 Å². The molecular weight excluding hydrogens is 405 g/mol. The molecule has 10 heteroatoms. The molecule has 0 saturated carbocycles. The van der Waals surface area contributed by atoms with E-state index in [1.54, 1.807) is 24.8 Å². The van der Waals surface area contributed by atoms with Gasteiger partial charge in [0.25, 0.3) is 0 Å². The molecule has 3 aromatic rings. The van der Waals surface area contributed by atoms with Crippen LogP contribution in [0.2, 0.25) is 0 Å². The fourth-order valence-electron chi connectivity index (χ4n) is 2.66. The summed E-state index contributed by atoms with van der Waals surface area (Å²) >= 11 is 1.07. The predicted octanol–water partition coefficient (Wildman–Crippen LogP) is 4.24. The Balaban J connectivity index is 1.70. The number of para-hydroxylation sites is 2. The Hall–Kier alpha value is -3.01. The number of halogens is 3. The molecule has 1 amide bonds. The Morgan fingerprint density at radius 2 is 1.83 bits per heavy atom. The molecule has 0 saturated heterocycles. The molecule has 0 spiro atoms. The van der Waals surface area contributed by atoms with Crippen molar-refractivity contribution < 1.29 is 22.7 Å². The number of ether oxygens (including phenoxy) is 1. The van der Waals surface area contributed by atoms with E-state index in [4.69, 9.17) is 4.74 Å². The first-order chi connectivity index (χ1) is 13.8. The maximum Gasteiger partial charge on any atom is 0.418 e. The van der Waals surface area contributed by atoms with E-state index in [9.17, 15) is 18.0 Å². The maximum absolute atomic E-state index is 13.0. The lowest BCUT2D eigenvalue weighted by Crippen LogP contribution is -2.18. The third kappa shape index (κ3) is 4.70. The van der Waals surface area contributed by atoms with Crippen molar-refractivity contribution in [3.05, 3.63) is 54.1 Å². The molecule has 1 N–H and O–H groups in total. The van der Waals surface area contributed by atoms with Crippen LogP contribution >= 0.6 is 11.8 Å². The lowest BCUT2D eigenvalue weighted by atomic mass is 10.1. The van der Waals surface area contributed by atoms with E-state index in [-0.39, 0.29) is 11.4 Å². The van der Waals surface area contributed by atoms with Crippen molar-refractivity contribution in [1.82, 2.24) is 14.8 Å². The van der Waals surface area contributed by atoms with Gasteiger partial charge in [0, 0.05) is 7.05 Å². The number of carbonyl (C=O) groups excluding carboxylic acids is 1. The second kappa shape index (κ2) is 8.56. The van der Waals surface area contributed by atoms with Crippen molar-refractivity contribution in [2.24, 2.45) is 7.05 Å². The summed E-state index contributed by atoms with van der Waals surface area (Å²) in [5.41, 5.74) is -0.436. The normalized spacial score (nSPS) is 11.3. The highest BCUT2D eigenvalue weighted by Crippen LogP contribution is 2.35. The van der Waals surface area contributed by atoms with Gasteiger partial charge in [-0.15, -0.1) is 10.2 Å². The zero-order chi connectivity index (χ0) is 21.0. The Bertz CT molecular complexity index is 1020. The van der Waals surface area contributed by atoms with Crippen LogP contribution < -0.4 is 10.1 Å². The predicted molar refractivity (Wildman–Crippen MR) is 104 cm³/mol. The quantitative estimate of drug-likeness (QED) is 0.602. The zero-order valence-electron chi connectivity index (χ0n) is 15.5. The molecular formula is C19H17F3N4O2S. The highest BCUT2D eigenvalue weighted by molar-refractivity contribution is 7.99. The van der Waals surface area contributed by atoms with Crippen LogP contribution in [-0.4, -0.2) is 33.5 Å². The second-order valence-corrected chi connectivity index (χ2v) is 6.89. The van der Waals surface area contributed by atoms with Gasteiger partial charge in [0.1, 0.15) is 5.75 Å². The lowest BCUT2D eigenvalue weighted by molar-refractivity contribution is -0.137. The number of hydrogen-bond donors (Lipinski definition) is 1. The van der Waals surface area contributed by atoms with Crippen LogP contribution in [0, 0.1) is 0 Å². The van der Waals surface area contributed by atoms with Gasteiger partial charge in [-0.05, 0) is 24.3 Å². The average Bonchev–Trinajstić information content (AvgIpc) is 3.06. The van der Waals surface area contributed by atoms with Crippen LogP contribution in [0.1, 0.15) is 5.56 Å². The van der Waals surface area contributed by atoms with Crippen molar-refractivity contribution in [3.8, 4) is 17.1 Å². The minimum atomic E-state index is -4.55. The van der Waals surface area contributed by atoms with Crippen molar-refractivity contribution >= 4 is 23.4 Å². The number of alkyl halides is 3. The minimum Gasteiger partial charge on any atom is -0.496 e. The van der Waals surface area contributed by atoms with Gasteiger partial charge in [-0.25, -0.2) is 0 Å². The third-order valence-corrected chi connectivity index (χ3v) is 5.04. The number of nitrogens with one attached hydrogen (secondary N) is 1. The number of methoxy groups -OCH3 is 1. The summed E-state index contributed by atoms with van der Waals surface area (Å²) in [7, 11) is 3.29. The van der Waals surface area contributed by atoms with Gasteiger partial charge in [-0.3, -0.25) is 4.79 Å². The summed E-state index contributed by atoms with van der Waals surface area (Å²) < 4.78 is 46.1. The van der Waals surface area contributed by atoms with E-state index >= 15 is 0 Å². The molecule has 1 aromatic heterocycles. The number of anilines is 1. The molecule has 0 aliphatic heterocycles. The first-order valence-electron chi connectivity index (χ1n) is 8.43. The number of benzene rings is 2. The van der Waals surface area contributed by atoms with Crippen molar-refractivity contribution in [2.75, 3.05) is 18.2 Å². The van der Waals surface area contributed by atoms with Gasteiger partial charge >= 0.3 is 6.18 Å². The lowest BCUT2D eigenvalue weighted by Gasteiger charge is -2.13. The maximum atomic E-state index is 13.0. The molecule has 2 aromatic carbocycles. The van der Waals surface area contributed by atoms with Crippen LogP contribution in [0.3, 0.4) is 0 Å². The van der Waals surface area contributed by atoms with E-state index in [0.29, 0.717) is 16.7 Å². The summed E-state index contributed by atoms with van der Waals surface area (Å²) in [5, 5.41) is 11.0. The molecule has 0 bridgehead atoms. The largest absolute Gasteiger partial charge is 0.496 e. The molecule has 0 unspecified atom stereocenters. The Labute approximate surface area is 169 Å². The Morgan fingerprint density at radius 1 is 1.14 bits per heavy atom. The first kappa shape index (κ1) is 20.7. The van der Waals surface area contributed by atoms with Crippen LogP contribution in [0.15, 0.2) is 53.7 Å². The summed E-state index contributed by atoms with van der Waals surface area (Å²) in [6.07, 6.45) is -4.55. The SMILES string of the molecule is COc1ccccc1-c1nnc(SCC(=O)Nc2ccccc2C(F)(F)F)n1C. The fourth-order valence-corrected chi connectivity index (χ4v) is 3.37. The number of hydrogen-bond acceptors (Lipinski definition) is 5. The molecule has 0 aliphatic carbocycles. The van der Waals surface area contributed by atoms with E-state index in [2.05, 4.69) is 15.5 Å². The van der Waals surface area contributed by atoms with Crippen LogP contribution in [-0.2, 0) is 18.0 Å². The molecule has 6 nitrogen and oxygen atoms in total. The highest BCUT2D eigenvalue weighted by Gasteiger charge is 2.33. The first-order valence-corrected chi connectivity index (χ1v) is 9.41. The fraction of sp³-hybridized carbons (Fsp3) is 0.211. The van der Waals surface area contributed by atoms with E-state index in [1.807, 2.05) is 18.2 Å². The average molecular weight is 422 g/mol. The summed E-state index contributed by atoms with van der Waals surface area (Å²) in [6, 6.07) is 12.1.